The predicted molar refractivity (Wildman–Crippen MR) is 144 cm³/mol. The second kappa shape index (κ2) is 12.9. The Labute approximate surface area is 220 Å². The van der Waals surface area contributed by atoms with E-state index in [0.717, 1.165) is 5.56 Å². The zero-order chi connectivity index (χ0) is 26.9. The summed E-state index contributed by atoms with van der Waals surface area (Å²) in [6.45, 7) is 10.2. The van der Waals surface area contributed by atoms with Crippen molar-refractivity contribution in [3.63, 3.8) is 0 Å². The van der Waals surface area contributed by atoms with Gasteiger partial charge in [0.15, 0.2) is 11.0 Å². The number of allylic oxidation sites excluding steroid dienone is 1. The van der Waals surface area contributed by atoms with Gasteiger partial charge < -0.3 is 19.9 Å². The molecule has 2 aromatic carbocycles. The van der Waals surface area contributed by atoms with Crippen LogP contribution in [0.2, 0.25) is 0 Å². The van der Waals surface area contributed by atoms with E-state index in [1.165, 1.54) is 18.9 Å². The van der Waals surface area contributed by atoms with E-state index < -0.39 is 12.0 Å². The van der Waals surface area contributed by atoms with E-state index in [-0.39, 0.29) is 23.5 Å². The quantitative estimate of drug-likeness (QED) is 0.218. The molecule has 0 aliphatic rings. The van der Waals surface area contributed by atoms with Crippen LogP contribution in [0.3, 0.4) is 0 Å². The summed E-state index contributed by atoms with van der Waals surface area (Å²) in [5.74, 6) is -0.148. The normalized spacial score (nSPS) is 11.6. The summed E-state index contributed by atoms with van der Waals surface area (Å²) in [5, 5.41) is 15.1. The molecule has 0 bridgehead atoms. The van der Waals surface area contributed by atoms with Crippen LogP contribution >= 0.6 is 11.8 Å². The van der Waals surface area contributed by atoms with Crippen molar-refractivity contribution in [2.24, 2.45) is 5.92 Å². The summed E-state index contributed by atoms with van der Waals surface area (Å²) in [6.07, 6.45) is 1.72. The lowest BCUT2D eigenvalue weighted by Crippen LogP contribution is -2.34. The van der Waals surface area contributed by atoms with Crippen molar-refractivity contribution in [3.8, 4) is 0 Å². The minimum absolute atomic E-state index is 0.0376. The Morgan fingerprint density at radius 1 is 1.11 bits per heavy atom. The van der Waals surface area contributed by atoms with E-state index in [9.17, 15) is 14.4 Å². The molecular formula is C27H31N5O4S. The van der Waals surface area contributed by atoms with E-state index in [0.29, 0.717) is 34.3 Å². The Morgan fingerprint density at radius 2 is 1.84 bits per heavy atom. The first-order chi connectivity index (χ1) is 17.7. The van der Waals surface area contributed by atoms with Crippen molar-refractivity contribution in [1.82, 2.24) is 20.1 Å². The van der Waals surface area contributed by atoms with Crippen LogP contribution in [-0.4, -0.2) is 45.4 Å². The highest BCUT2D eigenvalue weighted by molar-refractivity contribution is 7.99. The molecule has 3 rings (SSSR count). The summed E-state index contributed by atoms with van der Waals surface area (Å²) in [5.41, 5.74) is 2.53. The summed E-state index contributed by atoms with van der Waals surface area (Å²) < 4.78 is 6.54. The first-order valence-corrected chi connectivity index (χ1v) is 12.7. The van der Waals surface area contributed by atoms with Crippen LogP contribution in [0.15, 0.2) is 66.3 Å². The lowest BCUT2D eigenvalue weighted by atomic mass is 10.0. The zero-order valence-electron chi connectivity index (χ0n) is 21.4. The van der Waals surface area contributed by atoms with Gasteiger partial charge in [-0.15, -0.1) is 16.8 Å². The first kappa shape index (κ1) is 27.7. The molecule has 0 radical (unpaired) electrons. The molecule has 194 valence electrons. The van der Waals surface area contributed by atoms with Crippen LogP contribution in [0.4, 0.5) is 5.69 Å². The average Bonchev–Trinajstić information content (AvgIpc) is 3.27. The fourth-order valence-corrected chi connectivity index (χ4v) is 4.37. The Bertz CT molecular complexity index is 1270. The number of benzene rings is 2. The third kappa shape index (κ3) is 7.29. The first-order valence-electron chi connectivity index (χ1n) is 11.8. The molecule has 2 amide bonds. The second-order valence-corrected chi connectivity index (χ2v) is 9.65. The Hall–Kier alpha value is -3.92. The van der Waals surface area contributed by atoms with Crippen molar-refractivity contribution in [2.75, 3.05) is 18.2 Å². The number of nitrogens with one attached hydrogen (secondary N) is 2. The van der Waals surface area contributed by atoms with Gasteiger partial charge in [-0.25, -0.2) is 4.79 Å². The van der Waals surface area contributed by atoms with Gasteiger partial charge in [0.05, 0.1) is 24.5 Å². The molecule has 9 nitrogen and oxygen atoms in total. The van der Waals surface area contributed by atoms with Crippen molar-refractivity contribution in [2.45, 2.75) is 38.5 Å². The number of hydrogen-bond donors (Lipinski definition) is 2. The topological polar surface area (TPSA) is 115 Å². The van der Waals surface area contributed by atoms with Crippen LogP contribution in [0, 0.1) is 12.8 Å². The van der Waals surface area contributed by atoms with Crippen molar-refractivity contribution in [1.29, 1.82) is 0 Å². The molecule has 2 N–H and O–H groups in total. The second-order valence-electron chi connectivity index (χ2n) is 8.71. The zero-order valence-corrected chi connectivity index (χ0v) is 22.2. The molecule has 0 aliphatic heterocycles. The van der Waals surface area contributed by atoms with Gasteiger partial charge >= 0.3 is 5.97 Å². The van der Waals surface area contributed by atoms with Gasteiger partial charge in [0.2, 0.25) is 5.91 Å². The van der Waals surface area contributed by atoms with Crippen LogP contribution < -0.4 is 10.6 Å². The van der Waals surface area contributed by atoms with Gasteiger partial charge in [-0.3, -0.25) is 9.59 Å². The molecule has 37 heavy (non-hydrogen) atoms. The number of methoxy groups -OCH3 is 1. The van der Waals surface area contributed by atoms with Gasteiger partial charge in [-0.2, -0.15) is 0 Å². The van der Waals surface area contributed by atoms with Crippen LogP contribution in [0.5, 0.6) is 0 Å². The number of carbonyl (C=O) groups excluding carboxylic acids is 3. The minimum atomic E-state index is -0.444. The van der Waals surface area contributed by atoms with Crippen LogP contribution in [0.1, 0.15) is 52.0 Å². The highest BCUT2D eigenvalue weighted by Crippen LogP contribution is 2.26. The summed E-state index contributed by atoms with van der Waals surface area (Å²) in [7, 11) is 1.31. The van der Waals surface area contributed by atoms with Gasteiger partial charge in [0.25, 0.3) is 5.91 Å². The number of esters is 1. The maximum absolute atomic E-state index is 13.0. The fraction of sp³-hybridized carbons (Fsp3) is 0.296. The third-order valence-corrected chi connectivity index (χ3v) is 6.46. The number of hydrogen-bond acceptors (Lipinski definition) is 7. The number of aromatic nitrogens is 3. The van der Waals surface area contributed by atoms with E-state index >= 15 is 0 Å². The van der Waals surface area contributed by atoms with E-state index in [2.05, 4.69) is 32.1 Å². The molecule has 10 heteroatoms. The largest absolute Gasteiger partial charge is 0.465 e. The van der Waals surface area contributed by atoms with Gasteiger partial charge in [-0.1, -0.05) is 49.4 Å². The number of rotatable bonds is 11. The lowest BCUT2D eigenvalue weighted by molar-refractivity contribution is -0.113. The molecule has 1 heterocycles. The fourth-order valence-electron chi connectivity index (χ4n) is 3.61. The third-order valence-electron chi connectivity index (χ3n) is 5.49. The Kier molecular flexibility index (Phi) is 9.62. The van der Waals surface area contributed by atoms with Crippen molar-refractivity contribution in [3.05, 3.63) is 83.7 Å². The number of nitrogens with zero attached hydrogens (tertiary/aromatic N) is 3. The number of carbonyl (C=O) groups is 3. The smallest absolute Gasteiger partial charge is 0.337 e. The van der Waals surface area contributed by atoms with Gasteiger partial charge in [0.1, 0.15) is 0 Å². The van der Waals surface area contributed by atoms with Crippen LogP contribution in [0.25, 0.3) is 0 Å². The van der Waals surface area contributed by atoms with E-state index in [1.807, 2.05) is 43.5 Å². The standard InChI is InChI=1S/C27H31N5O4S/c1-6-14-32-24(23(17(2)3)29-25(34)20-9-7-8-18(4)15-20)30-31-27(32)37-16-22(33)28-21-12-10-19(11-13-21)26(35)36-5/h6-13,15,17,23H,1,14,16H2,2-5H3,(H,28,33)(H,29,34)/t23-/m0/s1. The Balaban J connectivity index is 1.71. The van der Waals surface area contributed by atoms with E-state index in [1.54, 1.807) is 36.4 Å². The summed E-state index contributed by atoms with van der Waals surface area (Å²) in [4.78, 5) is 37.1. The number of thioether (sulfide) groups is 1. The predicted octanol–water partition coefficient (Wildman–Crippen LogP) is 4.42. The van der Waals surface area contributed by atoms with Crippen molar-refractivity contribution >= 4 is 35.2 Å². The maximum Gasteiger partial charge on any atom is 0.337 e. The molecule has 0 spiro atoms. The molecule has 0 aliphatic carbocycles. The van der Waals surface area contributed by atoms with Crippen molar-refractivity contribution < 1.29 is 19.1 Å². The molecule has 0 unspecified atom stereocenters. The number of amides is 2. The number of anilines is 1. The molecule has 0 fully saturated rings. The molecule has 1 atom stereocenters. The Morgan fingerprint density at radius 3 is 2.46 bits per heavy atom. The average molecular weight is 522 g/mol. The maximum atomic E-state index is 13.0. The summed E-state index contributed by atoms with van der Waals surface area (Å²) in [6, 6.07) is 13.4. The lowest BCUT2D eigenvalue weighted by Gasteiger charge is -2.22. The molecule has 3 aromatic rings. The molecule has 0 saturated carbocycles. The number of ether oxygens (including phenoxy) is 1. The monoisotopic (exact) mass is 521 g/mol. The molecule has 1 aromatic heterocycles. The molecule has 0 saturated heterocycles. The van der Waals surface area contributed by atoms with Gasteiger partial charge in [0, 0.05) is 17.8 Å². The minimum Gasteiger partial charge on any atom is -0.465 e. The highest BCUT2D eigenvalue weighted by atomic mass is 32.2. The number of aryl methyl sites for hydroxylation is 1. The molecular weight excluding hydrogens is 490 g/mol. The van der Waals surface area contributed by atoms with Crippen LogP contribution in [-0.2, 0) is 16.1 Å². The summed E-state index contributed by atoms with van der Waals surface area (Å²) >= 11 is 1.24. The van der Waals surface area contributed by atoms with Gasteiger partial charge in [-0.05, 0) is 49.2 Å². The highest BCUT2D eigenvalue weighted by Gasteiger charge is 2.26. The SMILES string of the molecule is C=CCn1c(SCC(=O)Nc2ccc(C(=O)OC)cc2)nnc1[C@@H](NC(=O)c1cccc(C)c1)C(C)C. The van der Waals surface area contributed by atoms with E-state index in [4.69, 9.17) is 0 Å².